The van der Waals surface area contributed by atoms with Crippen LogP contribution in [0.2, 0.25) is 0 Å². The Hall–Kier alpha value is -2.74. The number of aromatic nitrogens is 1. The number of esters is 1. The molecule has 1 aromatic rings. The number of hydrogen-bond donors (Lipinski definition) is 1. The SMILES string of the molecule is CCOC(=O)OC(=O)C1=Cc2cccnc2[N+]1(C(=O)O)C(C)(C)C. The summed E-state index contributed by atoms with van der Waals surface area (Å²) in [5.74, 6) is -0.892. The number of nitrogens with zero attached hydrogens (tertiary/aromatic N) is 2. The van der Waals surface area contributed by atoms with E-state index in [2.05, 4.69) is 14.5 Å². The normalized spacial score (nSPS) is 19.2. The molecule has 128 valence electrons. The summed E-state index contributed by atoms with van der Waals surface area (Å²) in [4.78, 5) is 40.3. The Bertz CT molecular complexity index is 734. The van der Waals surface area contributed by atoms with E-state index in [0.717, 1.165) is 0 Å². The van der Waals surface area contributed by atoms with Crippen LogP contribution in [-0.4, -0.2) is 40.5 Å². The minimum absolute atomic E-state index is 0.0329. The Morgan fingerprint density at radius 2 is 1.96 bits per heavy atom. The van der Waals surface area contributed by atoms with Gasteiger partial charge in [-0.25, -0.2) is 14.6 Å². The third kappa shape index (κ3) is 2.54. The van der Waals surface area contributed by atoms with Crippen LogP contribution in [0.25, 0.3) is 6.08 Å². The molecule has 0 aromatic carbocycles. The molecule has 1 aliphatic heterocycles. The summed E-state index contributed by atoms with van der Waals surface area (Å²) >= 11 is 0. The first-order chi connectivity index (χ1) is 11.2. The third-order valence-electron chi connectivity index (χ3n) is 3.73. The molecule has 0 fully saturated rings. The molecular weight excluding hydrogens is 316 g/mol. The van der Waals surface area contributed by atoms with Crippen molar-refractivity contribution in [2.75, 3.05) is 6.61 Å². The average Bonchev–Trinajstić information content (AvgIpc) is 2.83. The van der Waals surface area contributed by atoms with Gasteiger partial charge < -0.3 is 14.6 Å². The van der Waals surface area contributed by atoms with Crippen molar-refractivity contribution in [3.63, 3.8) is 0 Å². The fraction of sp³-hybridized carbons (Fsp3) is 0.375. The maximum Gasteiger partial charge on any atom is 0.525 e. The van der Waals surface area contributed by atoms with Gasteiger partial charge in [0.1, 0.15) is 5.54 Å². The molecule has 0 saturated heterocycles. The van der Waals surface area contributed by atoms with Gasteiger partial charge in [-0.15, -0.1) is 4.48 Å². The van der Waals surface area contributed by atoms with Crippen molar-refractivity contribution < 1.29 is 29.0 Å². The van der Waals surface area contributed by atoms with Gasteiger partial charge in [-0.05, 0) is 39.8 Å². The van der Waals surface area contributed by atoms with Gasteiger partial charge in [-0.2, -0.15) is 4.79 Å². The summed E-state index contributed by atoms with van der Waals surface area (Å²) < 4.78 is 8.34. The molecule has 24 heavy (non-hydrogen) atoms. The summed E-state index contributed by atoms with van der Waals surface area (Å²) in [5.41, 5.74) is -0.701. The van der Waals surface area contributed by atoms with Crippen LogP contribution in [0.15, 0.2) is 24.0 Å². The van der Waals surface area contributed by atoms with E-state index >= 15 is 0 Å². The fourth-order valence-corrected chi connectivity index (χ4v) is 2.79. The predicted molar refractivity (Wildman–Crippen MR) is 84.9 cm³/mol. The summed E-state index contributed by atoms with van der Waals surface area (Å²) in [5, 5.41) is 9.97. The molecule has 2 heterocycles. The van der Waals surface area contributed by atoms with Gasteiger partial charge in [-0.1, -0.05) is 0 Å². The van der Waals surface area contributed by atoms with E-state index in [1.54, 1.807) is 39.8 Å². The molecule has 1 unspecified atom stereocenters. The van der Waals surface area contributed by atoms with Gasteiger partial charge in [0.15, 0.2) is 0 Å². The second-order valence-corrected chi connectivity index (χ2v) is 6.14. The number of carboxylic acid groups (broad SMARTS) is 1. The molecule has 0 bridgehead atoms. The van der Waals surface area contributed by atoms with E-state index in [4.69, 9.17) is 0 Å². The monoisotopic (exact) mass is 335 g/mol. The van der Waals surface area contributed by atoms with Crippen LogP contribution in [0.4, 0.5) is 15.4 Å². The molecule has 0 spiro atoms. The van der Waals surface area contributed by atoms with E-state index in [9.17, 15) is 19.5 Å². The quantitative estimate of drug-likeness (QED) is 0.503. The zero-order chi connectivity index (χ0) is 18.1. The number of pyridine rings is 1. The second-order valence-electron chi connectivity index (χ2n) is 6.14. The van der Waals surface area contributed by atoms with Crippen LogP contribution in [0.5, 0.6) is 0 Å². The highest BCUT2D eigenvalue weighted by Crippen LogP contribution is 2.45. The molecule has 2 rings (SSSR count). The van der Waals surface area contributed by atoms with Gasteiger partial charge in [0, 0.05) is 12.3 Å². The van der Waals surface area contributed by atoms with Crippen molar-refractivity contribution >= 4 is 30.1 Å². The van der Waals surface area contributed by atoms with Crippen LogP contribution >= 0.6 is 0 Å². The molecule has 0 aliphatic carbocycles. The average molecular weight is 335 g/mol. The highest BCUT2D eigenvalue weighted by molar-refractivity contribution is 6.09. The molecule has 1 aliphatic rings. The molecule has 1 N–H and O–H groups in total. The Morgan fingerprint density at radius 1 is 1.29 bits per heavy atom. The van der Waals surface area contributed by atoms with Gasteiger partial charge in [0.25, 0.3) is 5.82 Å². The molecule has 1 atom stereocenters. The topological polar surface area (TPSA) is 103 Å². The molecule has 8 nitrogen and oxygen atoms in total. The zero-order valence-corrected chi connectivity index (χ0v) is 13.9. The van der Waals surface area contributed by atoms with Crippen LogP contribution in [-0.2, 0) is 14.3 Å². The highest BCUT2D eigenvalue weighted by atomic mass is 16.7. The van der Waals surface area contributed by atoms with Crippen molar-refractivity contribution in [3.05, 3.63) is 29.6 Å². The van der Waals surface area contributed by atoms with Crippen molar-refractivity contribution in [2.45, 2.75) is 33.2 Å². The largest absolute Gasteiger partial charge is 0.525 e. The minimum Gasteiger partial charge on any atom is -0.435 e. The van der Waals surface area contributed by atoms with Crippen molar-refractivity contribution in [2.24, 2.45) is 0 Å². The zero-order valence-electron chi connectivity index (χ0n) is 13.9. The van der Waals surface area contributed by atoms with Crippen LogP contribution in [0, 0.1) is 0 Å². The van der Waals surface area contributed by atoms with Gasteiger partial charge in [-0.3, -0.25) is 0 Å². The van der Waals surface area contributed by atoms with Crippen LogP contribution < -0.4 is 4.48 Å². The number of fused-ring (bicyclic) bond motifs is 1. The lowest BCUT2D eigenvalue weighted by Gasteiger charge is -2.39. The summed E-state index contributed by atoms with van der Waals surface area (Å²) in [6, 6.07) is 3.28. The maximum absolute atomic E-state index is 12.5. The molecule has 0 saturated carbocycles. The number of carbonyl (C=O) groups excluding carboxylic acids is 2. The Balaban J connectivity index is 2.60. The van der Waals surface area contributed by atoms with Crippen LogP contribution in [0.3, 0.4) is 0 Å². The summed E-state index contributed by atoms with van der Waals surface area (Å²) in [7, 11) is 0. The number of amides is 1. The molecule has 0 radical (unpaired) electrons. The molecule has 1 aromatic heterocycles. The Morgan fingerprint density at radius 3 is 2.50 bits per heavy atom. The lowest BCUT2D eigenvalue weighted by Crippen LogP contribution is -2.64. The minimum atomic E-state index is -1.30. The van der Waals surface area contributed by atoms with E-state index < -0.39 is 28.2 Å². The summed E-state index contributed by atoms with van der Waals surface area (Å²) in [6.45, 7) is 6.58. The van der Waals surface area contributed by atoms with Gasteiger partial charge in [0.05, 0.1) is 12.2 Å². The third-order valence-corrected chi connectivity index (χ3v) is 3.73. The smallest absolute Gasteiger partial charge is 0.435 e. The Kier molecular flexibility index (Phi) is 4.44. The standard InChI is InChI=1S/C16H18N2O6/c1-5-23-15(22)24-13(19)11-9-10-7-6-8-17-12(10)18(11,14(20)21)16(2,3)4/h6-9H,5H2,1-4H3/p+1. The number of rotatable bonds is 2. The summed E-state index contributed by atoms with van der Waals surface area (Å²) in [6.07, 6.45) is 0.355. The van der Waals surface area contributed by atoms with E-state index in [1.165, 1.54) is 12.3 Å². The van der Waals surface area contributed by atoms with Gasteiger partial charge >= 0.3 is 18.2 Å². The van der Waals surface area contributed by atoms with E-state index in [-0.39, 0.29) is 18.1 Å². The van der Waals surface area contributed by atoms with Crippen molar-refractivity contribution in [1.29, 1.82) is 0 Å². The predicted octanol–water partition coefficient (Wildman–Crippen LogP) is 2.92. The maximum atomic E-state index is 12.5. The van der Waals surface area contributed by atoms with Crippen molar-refractivity contribution in [1.82, 2.24) is 9.47 Å². The molecular formula is C16H19N2O6+. The lowest BCUT2D eigenvalue weighted by molar-refractivity contribution is -0.137. The Labute approximate surface area is 138 Å². The first kappa shape index (κ1) is 17.6. The molecule has 1 amide bonds. The second kappa shape index (κ2) is 6.04. The van der Waals surface area contributed by atoms with Gasteiger partial charge in [0.2, 0.25) is 5.70 Å². The first-order valence-corrected chi connectivity index (χ1v) is 7.35. The number of carbonyl (C=O) groups is 3. The number of ether oxygens (including phenoxy) is 2. The van der Waals surface area contributed by atoms with E-state index in [1.807, 2.05) is 0 Å². The number of hydrogen-bond acceptors (Lipinski definition) is 6. The van der Waals surface area contributed by atoms with E-state index in [0.29, 0.717) is 5.56 Å². The van der Waals surface area contributed by atoms with Crippen molar-refractivity contribution in [3.8, 4) is 0 Å². The fourth-order valence-electron chi connectivity index (χ4n) is 2.79. The lowest BCUT2D eigenvalue weighted by atomic mass is 10.0. The number of quaternary nitrogens is 1. The first-order valence-electron chi connectivity index (χ1n) is 7.35. The molecule has 8 heteroatoms. The highest BCUT2D eigenvalue weighted by Gasteiger charge is 2.61. The van der Waals surface area contributed by atoms with Crippen LogP contribution in [0.1, 0.15) is 33.3 Å².